The number of halogens is 1. The SMILES string of the molecule is COC(=O)Nc1ccccc1C#CI. The molecule has 1 aromatic rings. The molecule has 0 radical (unpaired) electrons. The maximum absolute atomic E-state index is 11.0. The summed E-state index contributed by atoms with van der Waals surface area (Å²) in [6.07, 6.45) is -0.493. The van der Waals surface area contributed by atoms with E-state index in [0.717, 1.165) is 5.56 Å². The first-order valence-corrected chi connectivity index (χ1v) is 4.91. The summed E-state index contributed by atoms with van der Waals surface area (Å²) in [7, 11) is 1.32. The van der Waals surface area contributed by atoms with Crippen molar-refractivity contribution in [3.63, 3.8) is 0 Å². The van der Waals surface area contributed by atoms with E-state index in [1.807, 2.05) is 40.8 Å². The highest BCUT2D eigenvalue weighted by molar-refractivity contribution is 14.1. The average Bonchev–Trinajstić information content (AvgIpc) is 2.21. The molecule has 0 bridgehead atoms. The van der Waals surface area contributed by atoms with Crippen molar-refractivity contribution < 1.29 is 9.53 Å². The first kappa shape index (κ1) is 10.9. The minimum Gasteiger partial charge on any atom is -0.453 e. The molecule has 1 amide bonds. The van der Waals surface area contributed by atoms with Crippen LogP contribution in [0.1, 0.15) is 5.56 Å². The zero-order valence-electron chi connectivity index (χ0n) is 7.50. The van der Waals surface area contributed by atoms with E-state index in [0.29, 0.717) is 5.69 Å². The lowest BCUT2D eigenvalue weighted by atomic mass is 10.2. The molecular weight excluding hydrogens is 293 g/mol. The van der Waals surface area contributed by atoms with Crippen LogP contribution in [-0.2, 0) is 4.74 Å². The fourth-order valence-corrected chi connectivity index (χ4v) is 1.20. The van der Waals surface area contributed by atoms with Gasteiger partial charge in [0.15, 0.2) is 0 Å². The Kier molecular flexibility index (Phi) is 4.26. The summed E-state index contributed by atoms with van der Waals surface area (Å²) >= 11 is 1.95. The van der Waals surface area contributed by atoms with Gasteiger partial charge in [-0.3, -0.25) is 5.32 Å². The minimum atomic E-state index is -0.493. The highest BCUT2D eigenvalue weighted by atomic mass is 127. The van der Waals surface area contributed by atoms with Gasteiger partial charge in [0.25, 0.3) is 0 Å². The fraction of sp³-hybridized carbons (Fsp3) is 0.100. The monoisotopic (exact) mass is 301 g/mol. The van der Waals surface area contributed by atoms with Crippen molar-refractivity contribution in [2.24, 2.45) is 0 Å². The number of nitrogens with one attached hydrogen (secondary N) is 1. The molecule has 1 N–H and O–H groups in total. The van der Waals surface area contributed by atoms with Crippen molar-refractivity contribution in [1.29, 1.82) is 0 Å². The molecule has 1 aromatic carbocycles. The molecule has 0 aliphatic heterocycles. The molecular formula is C10H8INO2. The van der Waals surface area contributed by atoms with Gasteiger partial charge in [-0.25, -0.2) is 4.79 Å². The molecule has 0 aliphatic carbocycles. The van der Waals surface area contributed by atoms with Gasteiger partial charge in [-0.1, -0.05) is 18.1 Å². The lowest BCUT2D eigenvalue weighted by molar-refractivity contribution is 0.187. The normalized spacial score (nSPS) is 8.43. The van der Waals surface area contributed by atoms with Crippen LogP contribution < -0.4 is 5.32 Å². The second-order valence-electron chi connectivity index (χ2n) is 2.38. The number of carbonyl (C=O) groups is 1. The van der Waals surface area contributed by atoms with Crippen LogP contribution in [0, 0.1) is 9.85 Å². The molecule has 0 saturated carbocycles. The van der Waals surface area contributed by atoms with Gasteiger partial charge in [-0.05, 0) is 16.1 Å². The van der Waals surface area contributed by atoms with Crippen LogP contribution in [0.4, 0.5) is 10.5 Å². The predicted molar refractivity (Wildman–Crippen MR) is 63.4 cm³/mol. The van der Waals surface area contributed by atoms with Crippen LogP contribution >= 0.6 is 22.6 Å². The van der Waals surface area contributed by atoms with E-state index in [1.54, 1.807) is 6.07 Å². The second-order valence-corrected chi connectivity index (χ2v) is 2.92. The largest absolute Gasteiger partial charge is 0.453 e. The van der Waals surface area contributed by atoms with Crippen LogP contribution in [-0.4, -0.2) is 13.2 Å². The first-order chi connectivity index (χ1) is 6.77. The van der Waals surface area contributed by atoms with E-state index in [9.17, 15) is 4.79 Å². The Hall–Kier alpha value is -1.22. The van der Waals surface area contributed by atoms with Crippen molar-refractivity contribution in [3.8, 4) is 9.85 Å². The topological polar surface area (TPSA) is 38.3 Å². The third-order valence-corrected chi connectivity index (χ3v) is 1.80. The van der Waals surface area contributed by atoms with Crippen LogP contribution in [0.2, 0.25) is 0 Å². The minimum absolute atomic E-state index is 0.493. The summed E-state index contributed by atoms with van der Waals surface area (Å²) in [5.74, 6) is 2.87. The van der Waals surface area contributed by atoms with Crippen molar-refractivity contribution >= 4 is 34.4 Å². The molecule has 0 unspecified atom stereocenters. The Morgan fingerprint density at radius 2 is 2.21 bits per heavy atom. The molecule has 14 heavy (non-hydrogen) atoms. The summed E-state index contributed by atoms with van der Waals surface area (Å²) in [6.45, 7) is 0. The van der Waals surface area contributed by atoms with Crippen LogP contribution in [0.3, 0.4) is 0 Å². The standard InChI is InChI=1S/C10H8INO2/c1-14-10(13)12-9-5-3-2-4-8(9)6-7-11/h2-5H,1H3,(H,12,13). The zero-order chi connectivity index (χ0) is 10.4. The van der Waals surface area contributed by atoms with Crippen LogP contribution in [0.15, 0.2) is 24.3 Å². The number of hydrogen-bond donors (Lipinski definition) is 1. The molecule has 0 aliphatic rings. The number of methoxy groups -OCH3 is 1. The Balaban J connectivity index is 2.93. The summed E-state index contributed by atoms with van der Waals surface area (Å²) in [5, 5.41) is 2.58. The fourth-order valence-electron chi connectivity index (χ4n) is 0.913. The summed E-state index contributed by atoms with van der Waals surface area (Å²) < 4.78 is 7.23. The summed E-state index contributed by atoms with van der Waals surface area (Å²) in [6, 6.07) is 7.28. The van der Waals surface area contributed by atoms with Gasteiger partial charge in [0, 0.05) is 28.2 Å². The molecule has 0 atom stereocenters. The van der Waals surface area contributed by atoms with E-state index in [4.69, 9.17) is 0 Å². The molecule has 0 aromatic heterocycles. The van der Waals surface area contributed by atoms with Gasteiger partial charge in [0.1, 0.15) is 0 Å². The van der Waals surface area contributed by atoms with E-state index in [1.165, 1.54) is 7.11 Å². The van der Waals surface area contributed by atoms with E-state index in [-0.39, 0.29) is 0 Å². The molecule has 3 nitrogen and oxygen atoms in total. The predicted octanol–water partition coefficient (Wildman–Crippen LogP) is 2.61. The first-order valence-electron chi connectivity index (χ1n) is 3.83. The highest BCUT2D eigenvalue weighted by Crippen LogP contribution is 2.13. The Labute approximate surface area is 96.0 Å². The third-order valence-electron chi connectivity index (χ3n) is 1.53. The summed E-state index contributed by atoms with van der Waals surface area (Å²) in [5.41, 5.74) is 1.43. The van der Waals surface area contributed by atoms with Crippen molar-refractivity contribution in [1.82, 2.24) is 0 Å². The third kappa shape index (κ3) is 2.92. The molecule has 72 valence electrons. The number of ether oxygens (including phenoxy) is 1. The number of para-hydroxylation sites is 1. The molecule has 0 fully saturated rings. The molecule has 4 heteroatoms. The maximum Gasteiger partial charge on any atom is 0.411 e. The van der Waals surface area contributed by atoms with Crippen molar-refractivity contribution in [2.45, 2.75) is 0 Å². The average molecular weight is 301 g/mol. The van der Waals surface area contributed by atoms with Gasteiger partial charge < -0.3 is 4.74 Å². The number of anilines is 1. The number of hydrogen-bond acceptors (Lipinski definition) is 2. The van der Waals surface area contributed by atoms with Gasteiger partial charge in [-0.15, -0.1) is 0 Å². The Morgan fingerprint density at radius 1 is 1.50 bits per heavy atom. The Morgan fingerprint density at radius 3 is 2.86 bits per heavy atom. The maximum atomic E-state index is 11.0. The van der Waals surface area contributed by atoms with Crippen molar-refractivity contribution in [3.05, 3.63) is 29.8 Å². The molecule has 0 saturated heterocycles. The zero-order valence-corrected chi connectivity index (χ0v) is 9.66. The van der Waals surface area contributed by atoms with Crippen molar-refractivity contribution in [2.75, 3.05) is 12.4 Å². The Bertz CT molecular complexity index is 393. The van der Waals surface area contributed by atoms with E-state index in [2.05, 4.69) is 19.9 Å². The second kappa shape index (κ2) is 5.50. The van der Waals surface area contributed by atoms with Crippen LogP contribution in [0.5, 0.6) is 0 Å². The molecule has 0 heterocycles. The van der Waals surface area contributed by atoms with Gasteiger partial charge in [0.2, 0.25) is 0 Å². The molecule has 1 rings (SSSR count). The number of carbonyl (C=O) groups excluding carboxylic acids is 1. The van der Waals surface area contributed by atoms with Gasteiger partial charge in [0.05, 0.1) is 12.8 Å². The quantitative estimate of drug-likeness (QED) is 0.639. The van der Waals surface area contributed by atoms with Crippen LogP contribution in [0.25, 0.3) is 0 Å². The summed E-state index contributed by atoms with van der Waals surface area (Å²) in [4.78, 5) is 11.0. The van der Waals surface area contributed by atoms with Gasteiger partial charge >= 0.3 is 6.09 Å². The number of benzene rings is 1. The smallest absolute Gasteiger partial charge is 0.411 e. The molecule has 0 spiro atoms. The number of rotatable bonds is 1. The van der Waals surface area contributed by atoms with E-state index < -0.39 is 6.09 Å². The highest BCUT2D eigenvalue weighted by Gasteiger charge is 2.03. The van der Waals surface area contributed by atoms with E-state index >= 15 is 0 Å². The number of amides is 1. The lowest BCUT2D eigenvalue weighted by Gasteiger charge is -2.04. The lowest BCUT2D eigenvalue weighted by Crippen LogP contribution is -2.11. The van der Waals surface area contributed by atoms with Gasteiger partial charge in [-0.2, -0.15) is 0 Å².